The minimum absolute atomic E-state index is 0.0234. The lowest BCUT2D eigenvalue weighted by atomic mass is 9.70. The number of Topliss-reactive ketones (excluding diaryl/α,β-unsaturated/α-hetero) is 1. The van der Waals surface area contributed by atoms with Crippen molar-refractivity contribution in [1.29, 1.82) is 0 Å². The van der Waals surface area contributed by atoms with Gasteiger partial charge in [-0.2, -0.15) is 0 Å². The van der Waals surface area contributed by atoms with Gasteiger partial charge in [0, 0.05) is 55.3 Å². The van der Waals surface area contributed by atoms with Crippen molar-refractivity contribution in [2.75, 3.05) is 37.5 Å². The summed E-state index contributed by atoms with van der Waals surface area (Å²) in [5, 5.41) is 17.2. The fraction of sp³-hybridized carbons (Fsp3) is 0.480. The Kier molecular flexibility index (Phi) is 21.0. The number of urea groups is 1. The number of nitrogens with zero attached hydrogens (tertiary/aromatic N) is 1. The number of carbonyl (C=O) groups excluding carboxylic acids is 7. The first-order valence-corrected chi connectivity index (χ1v) is 22.8. The molecular formula is C50H67N7O9. The number of methoxy groups -OCH3 is 1. The Morgan fingerprint density at radius 3 is 2.20 bits per heavy atom. The molecule has 1 heterocycles. The maximum absolute atomic E-state index is 14.3. The van der Waals surface area contributed by atoms with E-state index < -0.39 is 52.8 Å². The average molecular weight is 910 g/mol. The summed E-state index contributed by atoms with van der Waals surface area (Å²) in [6.07, 6.45) is 10.9. The standard InChI is InChI=1S/C50H67N7O9/c1-35-15-7-8-17-39(35)56-48(64)53-38-24-21-36(22-25-38)33-43(59)54-40(18-9-12-30-52-42(58)26-23-37-16-14-29-51-34-37)45(61)55-41(19-13-20-44(60)66-32-31-65-5)46(62)57-50(27-10-6-11-28-50)47(63)49(2,3)4/h7-8,14-17,21-26,29,34,40-41H,6,9-13,18-20,27-28,30-33H2,1-5H3,(H,52,58)(H,54,59)(H,55,61)(H,57,62)(H2,53,56,64)/b26-23+/t40-,41-/m0/s1. The molecule has 16 heteroatoms. The van der Waals surface area contributed by atoms with Crippen LogP contribution < -0.4 is 31.9 Å². The average Bonchev–Trinajstić information content (AvgIpc) is 3.29. The van der Waals surface area contributed by atoms with Gasteiger partial charge < -0.3 is 41.4 Å². The molecule has 1 aromatic heterocycles. The molecule has 0 unspecified atom stereocenters. The van der Waals surface area contributed by atoms with Crippen LogP contribution in [0, 0.1) is 12.3 Å². The van der Waals surface area contributed by atoms with Gasteiger partial charge in [-0.25, -0.2) is 4.79 Å². The Morgan fingerprint density at radius 1 is 0.803 bits per heavy atom. The molecule has 0 saturated heterocycles. The number of ether oxygens (including phenoxy) is 2. The van der Waals surface area contributed by atoms with Crippen molar-refractivity contribution < 1.29 is 43.0 Å². The lowest BCUT2D eigenvalue weighted by Gasteiger charge is -2.41. The molecule has 2 aromatic carbocycles. The third-order valence-corrected chi connectivity index (χ3v) is 11.2. The minimum Gasteiger partial charge on any atom is -0.463 e. The van der Waals surface area contributed by atoms with E-state index in [0.717, 1.165) is 30.4 Å². The van der Waals surface area contributed by atoms with Gasteiger partial charge >= 0.3 is 12.0 Å². The van der Waals surface area contributed by atoms with Crippen LogP contribution in [-0.4, -0.2) is 90.9 Å². The maximum atomic E-state index is 14.3. The topological polar surface area (TPSA) is 223 Å². The van der Waals surface area contributed by atoms with Crippen LogP contribution in [0.5, 0.6) is 0 Å². The number of rotatable bonds is 24. The van der Waals surface area contributed by atoms with Crippen molar-refractivity contribution in [2.24, 2.45) is 5.41 Å². The SMILES string of the molecule is COCCOC(=O)CCC[C@H](NC(=O)[C@H](CCCCNC(=O)/C=C/c1cccnc1)NC(=O)Cc1ccc(NC(=O)Nc2ccccc2C)cc1)C(=O)NC1(C(=O)C(C)(C)C)CCCCC1. The van der Waals surface area contributed by atoms with E-state index in [1.54, 1.807) is 54.9 Å². The number of ketones is 1. The van der Waals surface area contributed by atoms with Crippen molar-refractivity contribution in [3.8, 4) is 0 Å². The molecule has 2 atom stereocenters. The third kappa shape index (κ3) is 17.9. The number of carbonyl (C=O) groups is 7. The number of hydrogen-bond donors (Lipinski definition) is 6. The molecular weight excluding hydrogens is 843 g/mol. The number of amides is 6. The van der Waals surface area contributed by atoms with Crippen LogP contribution >= 0.6 is 0 Å². The lowest BCUT2D eigenvalue weighted by Crippen LogP contribution is -2.63. The zero-order valence-electron chi connectivity index (χ0n) is 39.0. The molecule has 1 aliphatic rings. The highest BCUT2D eigenvalue weighted by Crippen LogP contribution is 2.35. The first-order valence-electron chi connectivity index (χ1n) is 22.8. The molecule has 356 valence electrons. The number of aryl methyl sites for hydroxylation is 1. The summed E-state index contributed by atoms with van der Waals surface area (Å²) >= 11 is 0. The number of pyridine rings is 1. The van der Waals surface area contributed by atoms with Gasteiger partial charge in [-0.1, -0.05) is 76.4 Å². The fourth-order valence-electron chi connectivity index (χ4n) is 7.70. The number of benzene rings is 2. The van der Waals surface area contributed by atoms with Crippen LogP contribution in [0.15, 0.2) is 79.1 Å². The van der Waals surface area contributed by atoms with Crippen molar-refractivity contribution in [1.82, 2.24) is 26.3 Å². The number of nitrogens with one attached hydrogen (secondary N) is 6. The molecule has 1 aliphatic carbocycles. The highest BCUT2D eigenvalue weighted by Gasteiger charge is 2.46. The second kappa shape index (κ2) is 26.5. The van der Waals surface area contributed by atoms with Crippen LogP contribution in [-0.2, 0) is 44.7 Å². The predicted octanol–water partition coefficient (Wildman–Crippen LogP) is 6.34. The van der Waals surface area contributed by atoms with Crippen LogP contribution in [0.2, 0.25) is 0 Å². The largest absolute Gasteiger partial charge is 0.463 e. The second-order valence-electron chi connectivity index (χ2n) is 17.7. The molecule has 66 heavy (non-hydrogen) atoms. The number of unbranched alkanes of at least 4 members (excludes halogenated alkanes) is 1. The van der Waals surface area contributed by atoms with Gasteiger partial charge in [-0.15, -0.1) is 0 Å². The summed E-state index contributed by atoms with van der Waals surface area (Å²) < 4.78 is 10.2. The number of para-hydroxylation sites is 1. The number of anilines is 2. The van der Waals surface area contributed by atoms with Gasteiger partial charge in [0.2, 0.25) is 23.6 Å². The van der Waals surface area contributed by atoms with Gasteiger partial charge in [0.15, 0.2) is 5.78 Å². The monoisotopic (exact) mass is 910 g/mol. The molecule has 0 bridgehead atoms. The van der Waals surface area contributed by atoms with E-state index in [9.17, 15) is 33.6 Å². The molecule has 4 rings (SSSR count). The van der Waals surface area contributed by atoms with Crippen LogP contribution in [0.1, 0.15) is 108 Å². The van der Waals surface area contributed by atoms with Crippen LogP contribution in [0.3, 0.4) is 0 Å². The predicted molar refractivity (Wildman–Crippen MR) is 253 cm³/mol. The molecule has 6 N–H and O–H groups in total. The van der Waals surface area contributed by atoms with Crippen molar-refractivity contribution in [3.63, 3.8) is 0 Å². The van der Waals surface area contributed by atoms with Crippen molar-refractivity contribution in [2.45, 2.75) is 122 Å². The van der Waals surface area contributed by atoms with Crippen LogP contribution in [0.4, 0.5) is 16.2 Å². The Labute approximate surface area is 388 Å². The number of esters is 1. The Bertz CT molecular complexity index is 2110. The van der Waals surface area contributed by atoms with E-state index in [1.165, 1.54) is 13.2 Å². The minimum atomic E-state index is -1.15. The highest BCUT2D eigenvalue weighted by atomic mass is 16.6. The summed E-state index contributed by atoms with van der Waals surface area (Å²) in [6.45, 7) is 7.96. The maximum Gasteiger partial charge on any atom is 0.323 e. The third-order valence-electron chi connectivity index (χ3n) is 11.2. The van der Waals surface area contributed by atoms with Gasteiger partial charge in [0.25, 0.3) is 0 Å². The van der Waals surface area contributed by atoms with E-state index in [2.05, 4.69) is 36.9 Å². The molecule has 0 aliphatic heterocycles. The quantitative estimate of drug-likeness (QED) is 0.0333. The second-order valence-corrected chi connectivity index (χ2v) is 17.7. The van der Waals surface area contributed by atoms with E-state index in [0.29, 0.717) is 49.2 Å². The molecule has 3 aromatic rings. The van der Waals surface area contributed by atoms with E-state index in [4.69, 9.17) is 9.47 Å². The summed E-state index contributed by atoms with van der Waals surface area (Å²) in [6, 6.07) is 15.1. The number of aromatic nitrogens is 1. The van der Waals surface area contributed by atoms with Gasteiger partial charge in [-0.3, -0.25) is 33.8 Å². The molecule has 1 fully saturated rings. The van der Waals surface area contributed by atoms with Gasteiger partial charge in [0.1, 0.15) is 18.7 Å². The van der Waals surface area contributed by atoms with Gasteiger partial charge in [0.05, 0.1) is 18.6 Å². The van der Waals surface area contributed by atoms with Gasteiger partial charge in [-0.05, 0) is 98.9 Å². The first kappa shape index (κ1) is 52.2. The summed E-state index contributed by atoms with van der Waals surface area (Å²) in [5.41, 5.74) is 1.63. The van der Waals surface area contributed by atoms with Crippen LogP contribution in [0.25, 0.3) is 6.08 Å². The zero-order chi connectivity index (χ0) is 48.0. The van der Waals surface area contributed by atoms with E-state index in [1.807, 2.05) is 52.0 Å². The van der Waals surface area contributed by atoms with E-state index in [-0.39, 0.29) is 57.0 Å². The molecule has 0 spiro atoms. The molecule has 0 radical (unpaired) electrons. The molecule has 6 amide bonds. The Hall–Kier alpha value is -6.42. The number of hydrogen-bond acceptors (Lipinski definition) is 10. The van der Waals surface area contributed by atoms with Crippen molar-refractivity contribution >= 4 is 58.9 Å². The smallest absolute Gasteiger partial charge is 0.323 e. The van der Waals surface area contributed by atoms with Crippen molar-refractivity contribution in [3.05, 3.63) is 95.8 Å². The molecule has 16 nitrogen and oxygen atoms in total. The van der Waals surface area contributed by atoms with E-state index >= 15 is 0 Å². The summed E-state index contributed by atoms with van der Waals surface area (Å²) in [4.78, 5) is 97.7. The highest BCUT2D eigenvalue weighted by molar-refractivity contribution is 6.00. The Morgan fingerprint density at radius 2 is 1.52 bits per heavy atom. The summed E-state index contributed by atoms with van der Waals surface area (Å²) in [7, 11) is 1.49. The fourth-order valence-corrected chi connectivity index (χ4v) is 7.70. The molecule has 1 saturated carbocycles. The Balaban J connectivity index is 1.47. The lowest BCUT2D eigenvalue weighted by molar-refractivity contribution is -0.145. The summed E-state index contributed by atoms with van der Waals surface area (Å²) in [5.74, 6) is -2.50. The first-order chi connectivity index (χ1) is 31.6. The normalized spacial score (nSPS) is 14.3. The zero-order valence-corrected chi connectivity index (χ0v) is 39.0.